The largest absolute Gasteiger partial charge is 0.460 e. The fourth-order valence-corrected chi connectivity index (χ4v) is 7.72. The number of hydrogen-bond acceptors (Lipinski definition) is 4. The van der Waals surface area contributed by atoms with Crippen LogP contribution >= 0.6 is 0 Å². The van der Waals surface area contributed by atoms with E-state index in [0.717, 1.165) is 61.6 Å². The first kappa shape index (κ1) is 28.6. The highest BCUT2D eigenvalue weighted by atomic mass is 16.3. The summed E-state index contributed by atoms with van der Waals surface area (Å²) in [6.45, 7) is 2.26. The number of para-hydroxylation sites is 1. The van der Waals surface area contributed by atoms with Gasteiger partial charge >= 0.3 is 0 Å². The van der Waals surface area contributed by atoms with Crippen molar-refractivity contribution in [3.05, 3.63) is 169 Å². The SMILES string of the molecule is CC1C=C(c2cc(-c3nc(-c4ccccc4)nc(-c4cc5ccccc5c5ccccc45)n3)cc3ccccc23)c2c(oc3ccccc23)C1. The lowest BCUT2D eigenvalue weighted by atomic mass is 9.83. The molecule has 7 aromatic carbocycles. The predicted molar refractivity (Wildman–Crippen MR) is 205 cm³/mol. The number of fused-ring (bicyclic) bond motifs is 7. The topological polar surface area (TPSA) is 51.8 Å². The summed E-state index contributed by atoms with van der Waals surface area (Å²) in [4.78, 5) is 15.6. The van der Waals surface area contributed by atoms with Crippen LogP contribution in [0.2, 0.25) is 0 Å². The summed E-state index contributed by atoms with van der Waals surface area (Å²) in [5.41, 5.74) is 7.33. The summed E-state index contributed by atoms with van der Waals surface area (Å²) in [5.74, 6) is 3.31. The Balaban J connectivity index is 1.24. The van der Waals surface area contributed by atoms with Crippen LogP contribution in [0.5, 0.6) is 0 Å². The van der Waals surface area contributed by atoms with Crippen molar-refractivity contribution in [1.82, 2.24) is 15.0 Å². The van der Waals surface area contributed by atoms with Gasteiger partial charge in [-0.1, -0.05) is 134 Å². The van der Waals surface area contributed by atoms with Crippen LogP contribution in [0.25, 0.3) is 83.0 Å². The van der Waals surface area contributed by atoms with Gasteiger partial charge in [0.1, 0.15) is 11.3 Å². The van der Waals surface area contributed by atoms with E-state index in [2.05, 4.69) is 134 Å². The third-order valence-corrected chi connectivity index (χ3v) is 9.98. The minimum absolute atomic E-state index is 0.329. The number of rotatable bonds is 4. The lowest BCUT2D eigenvalue weighted by molar-refractivity contribution is 0.512. The number of allylic oxidation sites excluding steroid dienone is 1. The van der Waals surface area contributed by atoms with E-state index >= 15 is 0 Å². The summed E-state index contributed by atoms with van der Waals surface area (Å²) in [5, 5.41) is 8.12. The van der Waals surface area contributed by atoms with E-state index < -0.39 is 0 Å². The van der Waals surface area contributed by atoms with Gasteiger partial charge in [0.15, 0.2) is 17.5 Å². The standard InChI is InChI=1S/C46H31N3O/c1-28-23-39(43-37-21-11-12-22-41(37)50-42(43)24-28)38-27-32(25-30-15-5-8-18-34(30)38)45-47-44(29-13-3-2-4-14-29)48-46(49-45)40-26-31-16-6-7-17-33(31)35-19-9-10-20-36(35)40/h2-23,25-28H,24H2,1H3. The zero-order valence-electron chi connectivity index (χ0n) is 27.5. The monoisotopic (exact) mass is 641 g/mol. The molecule has 236 valence electrons. The fourth-order valence-electron chi connectivity index (χ4n) is 7.72. The molecule has 2 heterocycles. The second-order valence-corrected chi connectivity index (χ2v) is 13.3. The van der Waals surface area contributed by atoms with Gasteiger partial charge in [0.05, 0.1) is 0 Å². The van der Waals surface area contributed by atoms with Crippen LogP contribution in [0.1, 0.15) is 23.8 Å². The number of furan rings is 1. The Morgan fingerprint density at radius 3 is 1.90 bits per heavy atom. The predicted octanol–water partition coefficient (Wildman–Crippen LogP) is 11.7. The summed E-state index contributed by atoms with van der Waals surface area (Å²) >= 11 is 0. The van der Waals surface area contributed by atoms with E-state index in [1.54, 1.807) is 0 Å². The van der Waals surface area contributed by atoms with Crippen molar-refractivity contribution in [2.45, 2.75) is 13.3 Å². The van der Waals surface area contributed by atoms with Gasteiger partial charge in [-0.05, 0) is 73.6 Å². The highest BCUT2D eigenvalue weighted by Crippen LogP contribution is 2.44. The average molecular weight is 642 g/mol. The maximum Gasteiger partial charge on any atom is 0.164 e. The zero-order valence-corrected chi connectivity index (χ0v) is 27.5. The molecule has 10 rings (SSSR count). The molecule has 0 N–H and O–H groups in total. The Hall–Kier alpha value is -6.39. The van der Waals surface area contributed by atoms with E-state index in [1.807, 2.05) is 24.3 Å². The normalized spacial score (nSPS) is 14.3. The molecule has 0 saturated carbocycles. The van der Waals surface area contributed by atoms with E-state index in [-0.39, 0.29) is 0 Å². The second-order valence-electron chi connectivity index (χ2n) is 13.3. The Morgan fingerprint density at radius 2 is 1.10 bits per heavy atom. The number of hydrogen-bond donors (Lipinski definition) is 0. The smallest absolute Gasteiger partial charge is 0.164 e. The molecule has 1 unspecified atom stereocenters. The first-order chi connectivity index (χ1) is 24.7. The molecule has 0 saturated heterocycles. The highest BCUT2D eigenvalue weighted by molar-refractivity contribution is 6.13. The van der Waals surface area contributed by atoms with Crippen LogP contribution in [0.3, 0.4) is 0 Å². The molecule has 0 spiro atoms. The Kier molecular flexibility index (Phi) is 6.50. The lowest BCUT2D eigenvalue weighted by Gasteiger charge is -2.20. The molecular weight excluding hydrogens is 611 g/mol. The molecule has 0 radical (unpaired) electrons. The molecule has 50 heavy (non-hydrogen) atoms. The Morgan fingerprint density at radius 1 is 0.500 bits per heavy atom. The van der Waals surface area contributed by atoms with Crippen LogP contribution in [0.4, 0.5) is 0 Å². The molecule has 0 bridgehead atoms. The zero-order chi connectivity index (χ0) is 33.2. The minimum atomic E-state index is 0.329. The second kappa shape index (κ2) is 11.4. The van der Waals surface area contributed by atoms with Crippen molar-refractivity contribution in [1.29, 1.82) is 0 Å². The molecule has 1 aliphatic carbocycles. The first-order valence-corrected chi connectivity index (χ1v) is 17.2. The molecule has 0 fully saturated rings. The average Bonchev–Trinajstić information content (AvgIpc) is 3.55. The molecular formula is C46H31N3O. The van der Waals surface area contributed by atoms with Crippen molar-refractivity contribution < 1.29 is 4.42 Å². The summed E-state index contributed by atoms with van der Waals surface area (Å²) in [6, 6.07) is 51.0. The van der Waals surface area contributed by atoms with Gasteiger partial charge < -0.3 is 4.42 Å². The number of aromatic nitrogens is 3. The van der Waals surface area contributed by atoms with Crippen molar-refractivity contribution >= 4 is 48.9 Å². The molecule has 9 aromatic rings. The van der Waals surface area contributed by atoms with E-state index in [0.29, 0.717) is 23.4 Å². The van der Waals surface area contributed by atoms with E-state index in [9.17, 15) is 0 Å². The third kappa shape index (κ3) is 4.64. The molecule has 0 aliphatic heterocycles. The van der Waals surface area contributed by atoms with Gasteiger partial charge in [-0.2, -0.15) is 0 Å². The van der Waals surface area contributed by atoms with Crippen LogP contribution in [0, 0.1) is 5.92 Å². The van der Waals surface area contributed by atoms with Gasteiger partial charge in [-0.15, -0.1) is 0 Å². The Bertz CT molecular complexity index is 2810. The Labute approximate surface area is 289 Å². The van der Waals surface area contributed by atoms with Gasteiger partial charge in [-0.3, -0.25) is 0 Å². The van der Waals surface area contributed by atoms with Gasteiger partial charge in [-0.25, -0.2) is 15.0 Å². The maximum atomic E-state index is 6.46. The summed E-state index contributed by atoms with van der Waals surface area (Å²) < 4.78 is 6.46. The molecule has 0 amide bonds. The van der Waals surface area contributed by atoms with Crippen molar-refractivity contribution in [2.24, 2.45) is 5.92 Å². The highest BCUT2D eigenvalue weighted by Gasteiger charge is 2.26. The summed E-state index contributed by atoms with van der Waals surface area (Å²) in [7, 11) is 0. The fraction of sp³-hybridized carbons (Fsp3) is 0.0652. The summed E-state index contributed by atoms with van der Waals surface area (Å²) in [6.07, 6.45) is 3.29. The molecule has 4 heteroatoms. The molecule has 1 atom stereocenters. The van der Waals surface area contributed by atoms with Crippen LogP contribution in [-0.4, -0.2) is 15.0 Å². The van der Waals surface area contributed by atoms with Gasteiger partial charge in [0, 0.05) is 34.1 Å². The quantitative estimate of drug-likeness (QED) is 0.179. The van der Waals surface area contributed by atoms with Crippen molar-refractivity contribution in [2.75, 3.05) is 0 Å². The van der Waals surface area contributed by atoms with Crippen LogP contribution in [0.15, 0.2) is 156 Å². The van der Waals surface area contributed by atoms with Crippen LogP contribution < -0.4 is 0 Å². The third-order valence-electron chi connectivity index (χ3n) is 9.98. The van der Waals surface area contributed by atoms with Gasteiger partial charge in [0.25, 0.3) is 0 Å². The van der Waals surface area contributed by atoms with Gasteiger partial charge in [0.2, 0.25) is 0 Å². The van der Waals surface area contributed by atoms with E-state index in [1.165, 1.54) is 27.3 Å². The van der Waals surface area contributed by atoms with Crippen LogP contribution in [-0.2, 0) is 6.42 Å². The minimum Gasteiger partial charge on any atom is -0.460 e. The molecule has 4 nitrogen and oxygen atoms in total. The van der Waals surface area contributed by atoms with Crippen molar-refractivity contribution in [3.8, 4) is 34.2 Å². The number of benzene rings is 7. The maximum absolute atomic E-state index is 6.46. The van der Waals surface area contributed by atoms with E-state index in [4.69, 9.17) is 19.4 Å². The van der Waals surface area contributed by atoms with Crippen molar-refractivity contribution in [3.63, 3.8) is 0 Å². The molecule has 2 aromatic heterocycles. The number of nitrogens with zero attached hydrogens (tertiary/aromatic N) is 3. The lowest BCUT2D eigenvalue weighted by Crippen LogP contribution is -2.07. The molecule has 1 aliphatic rings. The first-order valence-electron chi connectivity index (χ1n) is 17.2.